The van der Waals surface area contributed by atoms with Gasteiger partial charge in [-0.3, -0.25) is 0 Å². The lowest BCUT2D eigenvalue weighted by Crippen LogP contribution is -2.89. The minimum atomic E-state index is -3.94. The lowest BCUT2D eigenvalue weighted by atomic mass is 9.55. The van der Waals surface area contributed by atoms with Crippen LogP contribution in [-0.4, -0.2) is 20.5 Å². The summed E-state index contributed by atoms with van der Waals surface area (Å²) in [5.74, 6) is -4.51. The minimum absolute atomic E-state index is 1.86. The Morgan fingerprint density at radius 1 is 0.714 bits per heavy atom. The second-order valence-corrected chi connectivity index (χ2v) is 5.28. The highest BCUT2D eigenvalue weighted by molar-refractivity contribution is 9.13. The molecule has 0 aromatic heterocycles. The Morgan fingerprint density at radius 2 is 0.929 bits per heavy atom. The smallest absolute Gasteiger partial charge is 0.227 e. The SMILES string of the molecule is FC1=C(F)C2(F)C1(F)[C@@](F)(Br)[C@]2(F)Br. The third kappa shape index (κ3) is 0.572. The van der Waals surface area contributed by atoms with Crippen LogP contribution in [0.3, 0.4) is 0 Å². The molecule has 0 heterocycles. The fourth-order valence-corrected chi connectivity index (χ4v) is 3.06. The molecule has 0 radical (unpaired) electrons. The van der Waals surface area contributed by atoms with Gasteiger partial charge in [0, 0.05) is 0 Å². The van der Waals surface area contributed by atoms with E-state index in [2.05, 4.69) is 0 Å². The summed E-state index contributed by atoms with van der Waals surface area (Å²) in [5.41, 5.74) is -7.88. The van der Waals surface area contributed by atoms with Gasteiger partial charge in [-0.1, -0.05) is 0 Å². The van der Waals surface area contributed by atoms with Gasteiger partial charge in [-0.15, -0.1) is 0 Å². The second kappa shape index (κ2) is 2.18. The summed E-state index contributed by atoms with van der Waals surface area (Å²) in [7, 11) is 0. The van der Waals surface area contributed by atoms with E-state index in [0.29, 0.717) is 0 Å². The summed E-state index contributed by atoms with van der Waals surface area (Å²) in [6.45, 7) is 0. The lowest BCUT2D eigenvalue weighted by Gasteiger charge is -2.64. The molecule has 0 amide bonds. The molecule has 0 N–H and O–H groups in total. The van der Waals surface area contributed by atoms with Gasteiger partial charge in [0.15, 0.2) is 11.7 Å². The Balaban J connectivity index is 2.65. The number of halogens is 8. The van der Waals surface area contributed by atoms with E-state index >= 15 is 0 Å². The maximum absolute atomic E-state index is 13.2. The van der Waals surface area contributed by atoms with Crippen LogP contribution in [-0.2, 0) is 0 Å². The quantitative estimate of drug-likeness (QED) is 0.464. The average Bonchev–Trinajstić information content (AvgIpc) is 2.11. The van der Waals surface area contributed by atoms with E-state index < -0.39 is 32.1 Å². The Kier molecular flexibility index (Phi) is 1.68. The molecule has 0 saturated heterocycles. The molecule has 2 aliphatic carbocycles. The van der Waals surface area contributed by atoms with Gasteiger partial charge in [0.25, 0.3) is 20.5 Å². The van der Waals surface area contributed by atoms with E-state index in [1.807, 2.05) is 31.9 Å². The number of allylic oxidation sites excluding steroid dienone is 2. The largest absolute Gasteiger partial charge is 0.256 e. The molecular formula is C6Br2F6. The van der Waals surface area contributed by atoms with E-state index in [9.17, 15) is 26.3 Å². The van der Waals surface area contributed by atoms with Gasteiger partial charge in [-0.05, 0) is 31.9 Å². The van der Waals surface area contributed by atoms with Crippen LogP contribution in [0.1, 0.15) is 0 Å². The maximum atomic E-state index is 13.2. The first-order valence-corrected chi connectivity index (χ1v) is 4.85. The molecular weight excluding hydrogens is 346 g/mol. The van der Waals surface area contributed by atoms with E-state index in [1.54, 1.807) is 0 Å². The Bertz CT molecular complexity index is 329. The van der Waals surface area contributed by atoms with Crippen LogP contribution in [0.4, 0.5) is 26.3 Å². The molecule has 0 nitrogen and oxygen atoms in total. The minimum Gasteiger partial charge on any atom is -0.227 e. The van der Waals surface area contributed by atoms with Gasteiger partial charge in [0.05, 0.1) is 0 Å². The molecule has 1 fully saturated rings. The van der Waals surface area contributed by atoms with Gasteiger partial charge in [-0.25, -0.2) is 26.3 Å². The van der Waals surface area contributed by atoms with Gasteiger partial charge >= 0.3 is 0 Å². The van der Waals surface area contributed by atoms with Crippen molar-refractivity contribution in [3.8, 4) is 0 Å². The molecule has 2 rings (SSSR count). The predicted octanol–water partition coefficient (Wildman–Crippen LogP) is 3.70. The van der Waals surface area contributed by atoms with Crippen LogP contribution in [0.25, 0.3) is 0 Å². The van der Waals surface area contributed by atoms with E-state index in [-0.39, 0.29) is 0 Å². The Labute approximate surface area is 90.6 Å². The van der Waals surface area contributed by atoms with Crippen molar-refractivity contribution >= 4 is 31.9 Å². The highest BCUT2D eigenvalue weighted by Gasteiger charge is 3.02. The van der Waals surface area contributed by atoms with Crippen molar-refractivity contribution in [3.05, 3.63) is 11.7 Å². The first-order chi connectivity index (χ1) is 6.07. The molecule has 0 bridgehead atoms. The molecule has 0 aromatic rings. The Hall–Kier alpha value is 0.280. The summed E-state index contributed by atoms with van der Waals surface area (Å²) >= 11 is 3.72. The van der Waals surface area contributed by atoms with Crippen molar-refractivity contribution < 1.29 is 26.3 Å². The van der Waals surface area contributed by atoms with Crippen molar-refractivity contribution in [2.45, 2.75) is 20.5 Å². The molecule has 4 atom stereocenters. The summed E-state index contributed by atoms with van der Waals surface area (Å²) in [6.07, 6.45) is 0. The van der Waals surface area contributed by atoms with Crippen molar-refractivity contribution in [3.63, 3.8) is 0 Å². The van der Waals surface area contributed by atoms with Gasteiger partial charge in [0.2, 0.25) is 0 Å². The fraction of sp³-hybridized carbons (Fsp3) is 0.667. The van der Waals surface area contributed by atoms with Gasteiger partial charge in [0.1, 0.15) is 0 Å². The number of hydrogen-bond donors (Lipinski definition) is 0. The third-order valence-corrected chi connectivity index (χ3v) is 5.25. The Morgan fingerprint density at radius 3 is 1.14 bits per heavy atom. The molecule has 2 unspecified atom stereocenters. The van der Waals surface area contributed by atoms with E-state index in [0.717, 1.165) is 0 Å². The number of fused-ring (bicyclic) bond motifs is 1. The average molecular weight is 346 g/mol. The summed E-state index contributed by atoms with van der Waals surface area (Å²) in [4.78, 5) is 0. The summed E-state index contributed by atoms with van der Waals surface area (Å²) in [6, 6.07) is 0. The number of rotatable bonds is 0. The summed E-state index contributed by atoms with van der Waals surface area (Å²) in [5, 5.41) is 0. The first-order valence-electron chi connectivity index (χ1n) is 3.26. The lowest BCUT2D eigenvalue weighted by molar-refractivity contribution is -0.271. The molecule has 0 aromatic carbocycles. The highest BCUT2D eigenvalue weighted by atomic mass is 79.9. The topological polar surface area (TPSA) is 0 Å². The molecule has 0 spiro atoms. The van der Waals surface area contributed by atoms with Gasteiger partial charge < -0.3 is 0 Å². The zero-order valence-corrected chi connectivity index (χ0v) is 9.20. The first kappa shape index (κ1) is 10.8. The fourth-order valence-electron chi connectivity index (χ4n) is 1.62. The van der Waals surface area contributed by atoms with Crippen molar-refractivity contribution in [1.29, 1.82) is 0 Å². The van der Waals surface area contributed by atoms with Crippen LogP contribution in [0, 0.1) is 0 Å². The zero-order valence-electron chi connectivity index (χ0n) is 6.02. The van der Waals surface area contributed by atoms with Crippen LogP contribution < -0.4 is 0 Å². The molecule has 2 aliphatic rings. The van der Waals surface area contributed by atoms with Crippen LogP contribution in [0.5, 0.6) is 0 Å². The van der Waals surface area contributed by atoms with Crippen molar-refractivity contribution in [1.82, 2.24) is 0 Å². The van der Waals surface area contributed by atoms with E-state index in [1.165, 1.54) is 0 Å². The summed E-state index contributed by atoms with van der Waals surface area (Å²) < 4.78 is 70.5. The second-order valence-electron chi connectivity index (χ2n) is 3.09. The molecule has 1 saturated carbocycles. The van der Waals surface area contributed by atoms with E-state index in [4.69, 9.17) is 0 Å². The van der Waals surface area contributed by atoms with Crippen molar-refractivity contribution in [2.75, 3.05) is 0 Å². The van der Waals surface area contributed by atoms with Crippen LogP contribution in [0.2, 0.25) is 0 Å². The molecule has 80 valence electrons. The van der Waals surface area contributed by atoms with Gasteiger partial charge in [-0.2, -0.15) is 0 Å². The predicted molar refractivity (Wildman–Crippen MR) is 42.5 cm³/mol. The molecule has 0 aliphatic heterocycles. The molecule has 14 heavy (non-hydrogen) atoms. The van der Waals surface area contributed by atoms with Crippen LogP contribution in [0.15, 0.2) is 11.7 Å². The number of hydrogen-bond acceptors (Lipinski definition) is 0. The zero-order chi connectivity index (χ0) is 11.2. The van der Waals surface area contributed by atoms with Crippen LogP contribution >= 0.6 is 31.9 Å². The standard InChI is InChI=1S/C6Br2F6/c7-5(13)3(11)1(9)2(10)4(3,12)6(5,8)14/t3?,4?,5-,6-/m0/s1. The third-order valence-electron chi connectivity index (χ3n) is 2.53. The maximum Gasteiger partial charge on any atom is 0.256 e. The number of alkyl halides is 6. The van der Waals surface area contributed by atoms with Crippen molar-refractivity contribution in [2.24, 2.45) is 0 Å². The molecule has 8 heteroatoms. The highest BCUT2D eigenvalue weighted by Crippen LogP contribution is 2.81. The normalized spacial score (nSPS) is 61.7. The monoisotopic (exact) mass is 344 g/mol.